The van der Waals surface area contributed by atoms with Crippen LogP contribution < -0.4 is 0 Å². The third-order valence-electron chi connectivity index (χ3n) is 2.69. The van der Waals surface area contributed by atoms with Crippen molar-refractivity contribution in [2.45, 2.75) is 19.3 Å². The van der Waals surface area contributed by atoms with Gasteiger partial charge in [-0.15, -0.1) is 0 Å². The van der Waals surface area contributed by atoms with Gasteiger partial charge >= 0.3 is 0 Å². The second-order valence-electron chi connectivity index (χ2n) is 4.17. The van der Waals surface area contributed by atoms with Crippen molar-refractivity contribution in [1.82, 2.24) is 0 Å². The molecule has 0 aromatic carbocycles. The van der Waals surface area contributed by atoms with Crippen molar-refractivity contribution in [1.29, 1.82) is 0 Å². The third kappa shape index (κ3) is 3.87. The van der Waals surface area contributed by atoms with Gasteiger partial charge in [-0.25, -0.2) is 8.42 Å². The van der Waals surface area contributed by atoms with E-state index in [9.17, 15) is 8.42 Å². The van der Waals surface area contributed by atoms with Crippen LogP contribution in [0.3, 0.4) is 0 Å². The van der Waals surface area contributed by atoms with Crippen LogP contribution in [-0.2, 0) is 14.6 Å². The van der Waals surface area contributed by atoms with Gasteiger partial charge in [0.15, 0.2) is 0 Å². The fourth-order valence-electron chi connectivity index (χ4n) is 1.73. The zero-order valence-corrected chi connectivity index (χ0v) is 10.9. The van der Waals surface area contributed by atoms with E-state index >= 15 is 0 Å². The fourth-order valence-corrected chi connectivity index (χ4v) is 3.12. The summed E-state index contributed by atoms with van der Waals surface area (Å²) in [5, 5.41) is 0.907. The summed E-state index contributed by atoms with van der Waals surface area (Å²) in [4.78, 5) is 0. The number of hydrogen-bond donors (Lipinski definition) is 0. The number of sulfone groups is 1. The largest absolute Gasteiger partial charge is 0.381 e. The molecule has 0 amide bonds. The second-order valence-corrected chi connectivity index (χ2v) is 6.99. The molecule has 0 aromatic heterocycles. The lowest BCUT2D eigenvalue weighted by atomic mass is 9.85. The Balaban J connectivity index is 2.35. The van der Waals surface area contributed by atoms with Crippen LogP contribution in [0, 0.1) is 5.41 Å². The number of halogens is 1. The van der Waals surface area contributed by atoms with E-state index in [2.05, 4.69) is 15.9 Å². The average molecular weight is 285 g/mol. The molecule has 0 aliphatic carbocycles. The van der Waals surface area contributed by atoms with Crippen molar-refractivity contribution in [3.63, 3.8) is 0 Å². The second kappa shape index (κ2) is 4.94. The van der Waals surface area contributed by atoms with E-state index in [0.717, 1.165) is 37.8 Å². The highest BCUT2D eigenvalue weighted by atomic mass is 79.9. The first-order chi connectivity index (χ1) is 6.47. The summed E-state index contributed by atoms with van der Waals surface area (Å²) in [6, 6.07) is 0. The highest BCUT2D eigenvalue weighted by Gasteiger charge is 2.33. The van der Waals surface area contributed by atoms with Gasteiger partial charge in [0.1, 0.15) is 9.84 Å². The van der Waals surface area contributed by atoms with Crippen LogP contribution in [0.5, 0.6) is 0 Å². The summed E-state index contributed by atoms with van der Waals surface area (Å²) in [5.41, 5.74) is 0.185. The first kappa shape index (κ1) is 12.5. The van der Waals surface area contributed by atoms with Crippen LogP contribution in [0.4, 0.5) is 0 Å². The molecule has 1 aliphatic heterocycles. The summed E-state index contributed by atoms with van der Waals surface area (Å²) < 4.78 is 27.3. The van der Waals surface area contributed by atoms with Crippen molar-refractivity contribution in [3.05, 3.63) is 0 Å². The van der Waals surface area contributed by atoms with E-state index in [1.54, 1.807) is 0 Å². The van der Waals surface area contributed by atoms with Crippen LogP contribution >= 0.6 is 15.9 Å². The molecule has 1 saturated heterocycles. The van der Waals surface area contributed by atoms with E-state index in [4.69, 9.17) is 4.74 Å². The monoisotopic (exact) mass is 284 g/mol. The Morgan fingerprint density at radius 1 is 1.50 bits per heavy atom. The summed E-state index contributed by atoms with van der Waals surface area (Å²) in [6.07, 6.45) is 4.01. The van der Waals surface area contributed by atoms with E-state index in [1.165, 1.54) is 6.26 Å². The van der Waals surface area contributed by atoms with Crippen LogP contribution in [0.25, 0.3) is 0 Å². The molecule has 0 bridgehead atoms. The van der Waals surface area contributed by atoms with Gasteiger partial charge in [0.2, 0.25) is 0 Å². The Morgan fingerprint density at radius 2 is 2.21 bits per heavy atom. The zero-order valence-electron chi connectivity index (χ0n) is 8.46. The molecule has 1 unspecified atom stereocenters. The third-order valence-corrected chi connectivity index (χ3v) is 4.91. The van der Waals surface area contributed by atoms with E-state index < -0.39 is 9.84 Å². The maximum atomic E-state index is 11.0. The Hall–Kier alpha value is 0.390. The van der Waals surface area contributed by atoms with Gasteiger partial charge in [0, 0.05) is 29.4 Å². The van der Waals surface area contributed by atoms with Gasteiger partial charge in [-0.2, -0.15) is 0 Å². The summed E-state index contributed by atoms with van der Waals surface area (Å²) in [5.74, 6) is 0.293. The molecular formula is C9H17BrO3S. The number of ether oxygens (including phenoxy) is 1. The lowest BCUT2D eigenvalue weighted by molar-refractivity contribution is 0.157. The van der Waals surface area contributed by atoms with Crippen LogP contribution in [0.1, 0.15) is 19.3 Å². The molecule has 1 rings (SSSR count). The Morgan fingerprint density at radius 3 is 2.64 bits per heavy atom. The van der Waals surface area contributed by atoms with Crippen LogP contribution in [0.2, 0.25) is 0 Å². The fraction of sp³-hybridized carbons (Fsp3) is 1.00. The number of rotatable bonds is 5. The molecule has 5 heteroatoms. The molecule has 1 fully saturated rings. The standard InChI is InChI=1S/C9H17BrO3S/c1-14(11,12)6-2-3-9(7-10)4-5-13-8-9/h2-8H2,1H3. The normalized spacial score (nSPS) is 28.1. The summed E-state index contributed by atoms with van der Waals surface area (Å²) >= 11 is 3.48. The molecule has 1 heterocycles. The van der Waals surface area contributed by atoms with Crippen molar-refractivity contribution in [2.24, 2.45) is 5.41 Å². The lowest BCUT2D eigenvalue weighted by Crippen LogP contribution is -2.23. The highest BCUT2D eigenvalue weighted by Crippen LogP contribution is 2.35. The first-order valence-corrected chi connectivity index (χ1v) is 7.97. The predicted octanol–water partition coefficient (Wildman–Crippen LogP) is 1.61. The highest BCUT2D eigenvalue weighted by molar-refractivity contribution is 9.09. The molecule has 1 aliphatic rings. The number of hydrogen-bond acceptors (Lipinski definition) is 3. The van der Waals surface area contributed by atoms with Crippen molar-refractivity contribution < 1.29 is 13.2 Å². The van der Waals surface area contributed by atoms with Crippen LogP contribution in [0.15, 0.2) is 0 Å². The average Bonchev–Trinajstić information content (AvgIpc) is 2.52. The molecule has 84 valence electrons. The minimum absolute atomic E-state index is 0.185. The van der Waals surface area contributed by atoms with Crippen molar-refractivity contribution >= 4 is 25.8 Å². The van der Waals surface area contributed by atoms with Gasteiger partial charge in [0.25, 0.3) is 0 Å². The van der Waals surface area contributed by atoms with Crippen molar-refractivity contribution in [3.8, 4) is 0 Å². The van der Waals surface area contributed by atoms with Gasteiger partial charge in [-0.1, -0.05) is 15.9 Å². The first-order valence-electron chi connectivity index (χ1n) is 4.79. The Labute approximate surface area is 94.3 Å². The maximum Gasteiger partial charge on any atom is 0.147 e. The lowest BCUT2D eigenvalue weighted by Gasteiger charge is -2.24. The molecule has 0 aromatic rings. The predicted molar refractivity (Wildman–Crippen MR) is 60.6 cm³/mol. The van der Waals surface area contributed by atoms with Crippen LogP contribution in [-0.4, -0.2) is 39.0 Å². The van der Waals surface area contributed by atoms with Gasteiger partial charge < -0.3 is 4.74 Å². The molecule has 0 spiro atoms. The Bertz CT molecular complexity index is 268. The van der Waals surface area contributed by atoms with E-state index in [-0.39, 0.29) is 5.41 Å². The molecule has 1 atom stereocenters. The smallest absolute Gasteiger partial charge is 0.147 e. The SMILES string of the molecule is CS(=O)(=O)CCCC1(CBr)CCOC1. The molecule has 0 N–H and O–H groups in total. The summed E-state index contributed by atoms with van der Waals surface area (Å²) in [7, 11) is -2.81. The summed E-state index contributed by atoms with van der Waals surface area (Å²) in [6.45, 7) is 1.58. The molecule has 14 heavy (non-hydrogen) atoms. The number of alkyl halides is 1. The Kier molecular flexibility index (Phi) is 4.40. The topological polar surface area (TPSA) is 43.4 Å². The zero-order chi connectivity index (χ0) is 10.7. The quantitative estimate of drug-likeness (QED) is 0.721. The minimum atomic E-state index is -2.81. The van der Waals surface area contributed by atoms with Gasteiger partial charge in [-0.3, -0.25) is 0 Å². The molecule has 3 nitrogen and oxygen atoms in total. The molecule has 0 radical (unpaired) electrons. The molecule has 0 saturated carbocycles. The van der Waals surface area contributed by atoms with E-state index in [0.29, 0.717) is 5.75 Å². The minimum Gasteiger partial charge on any atom is -0.381 e. The van der Waals surface area contributed by atoms with E-state index in [1.807, 2.05) is 0 Å². The van der Waals surface area contributed by atoms with Gasteiger partial charge in [0.05, 0.1) is 6.61 Å². The van der Waals surface area contributed by atoms with Gasteiger partial charge in [-0.05, 0) is 19.3 Å². The molecular weight excluding hydrogens is 268 g/mol. The maximum absolute atomic E-state index is 11.0. The van der Waals surface area contributed by atoms with Crippen molar-refractivity contribution in [2.75, 3.05) is 30.6 Å².